The van der Waals surface area contributed by atoms with E-state index < -0.39 is 5.97 Å². The molecule has 0 spiro atoms. The minimum atomic E-state index is -0.413. The van der Waals surface area contributed by atoms with Gasteiger partial charge in [0.2, 0.25) is 0 Å². The lowest BCUT2D eigenvalue weighted by Crippen LogP contribution is -2.27. The van der Waals surface area contributed by atoms with Crippen molar-refractivity contribution in [2.75, 3.05) is 7.11 Å². The average molecular weight is 340 g/mol. The summed E-state index contributed by atoms with van der Waals surface area (Å²) in [5, 5.41) is 13.3. The number of fused-ring (bicyclic) bond motifs is 1. The second-order valence-corrected chi connectivity index (χ2v) is 6.22. The second kappa shape index (κ2) is 6.88. The summed E-state index contributed by atoms with van der Waals surface area (Å²) in [4.78, 5) is 16.9. The molecule has 0 radical (unpaired) electrons. The van der Waals surface area contributed by atoms with E-state index in [9.17, 15) is 10.0 Å². The molecule has 0 aliphatic heterocycles. The van der Waals surface area contributed by atoms with Gasteiger partial charge in [0.05, 0.1) is 23.9 Å². The summed E-state index contributed by atoms with van der Waals surface area (Å²) in [6.45, 7) is 1.89. The van der Waals surface area contributed by atoms with Crippen LogP contribution in [-0.2, 0) is 10.5 Å². The van der Waals surface area contributed by atoms with Crippen LogP contribution in [-0.4, -0.2) is 18.1 Å². The molecular weight excluding hydrogens is 324 g/mol. The number of ether oxygens (including phenoxy) is 1. The maximum Gasteiger partial charge on any atom is 0.340 e. The third-order valence-electron chi connectivity index (χ3n) is 3.76. The van der Waals surface area contributed by atoms with Gasteiger partial charge >= 0.3 is 5.97 Å². The van der Waals surface area contributed by atoms with E-state index in [1.807, 2.05) is 31.2 Å². The number of para-hydroxylation sites is 1. The number of esters is 1. The van der Waals surface area contributed by atoms with Gasteiger partial charge in [-0.25, -0.2) is 4.79 Å². The van der Waals surface area contributed by atoms with Crippen LogP contribution in [0.15, 0.2) is 53.7 Å². The quantitative estimate of drug-likeness (QED) is 0.316. The Hall–Kier alpha value is -2.60. The van der Waals surface area contributed by atoms with Crippen LogP contribution in [0.3, 0.4) is 0 Å². The van der Waals surface area contributed by atoms with E-state index in [4.69, 9.17) is 4.74 Å². The lowest BCUT2D eigenvalue weighted by Gasteiger charge is -2.13. The molecule has 0 aliphatic carbocycles. The van der Waals surface area contributed by atoms with Crippen molar-refractivity contribution >= 4 is 28.6 Å². The largest absolute Gasteiger partial charge is 0.618 e. The number of thioether (sulfide) groups is 1. The molecule has 0 fully saturated rings. The first-order chi connectivity index (χ1) is 11.6. The molecule has 0 aliphatic rings. The standard InChI is InChI=1S/C18H16N2O3S/c1-12-13-7-3-4-8-14(13)19-15(17(12)18(21)23-2)11-24-16-9-5-6-10-20(16)22/h3-10H,11H2,1-2H3. The molecule has 0 N–H and O–H groups in total. The van der Waals surface area contributed by atoms with Crippen molar-refractivity contribution in [3.63, 3.8) is 0 Å². The highest BCUT2D eigenvalue weighted by molar-refractivity contribution is 7.98. The molecule has 0 unspecified atom stereocenters. The molecule has 6 heteroatoms. The van der Waals surface area contributed by atoms with Crippen molar-refractivity contribution < 1.29 is 14.3 Å². The highest BCUT2D eigenvalue weighted by atomic mass is 32.2. The number of benzene rings is 1. The predicted molar refractivity (Wildman–Crippen MR) is 92.8 cm³/mol. The van der Waals surface area contributed by atoms with Gasteiger partial charge in [0.25, 0.3) is 5.03 Å². The molecule has 122 valence electrons. The molecule has 2 aromatic heterocycles. The summed E-state index contributed by atoms with van der Waals surface area (Å²) < 4.78 is 5.73. The van der Waals surface area contributed by atoms with Crippen LogP contribution in [0.25, 0.3) is 10.9 Å². The zero-order valence-corrected chi connectivity index (χ0v) is 14.2. The van der Waals surface area contributed by atoms with Gasteiger partial charge in [0.1, 0.15) is 0 Å². The van der Waals surface area contributed by atoms with Gasteiger partial charge in [-0.2, -0.15) is 4.73 Å². The van der Waals surface area contributed by atoms with E-state index in [2.05, 4.69) is 4.98 Å². The van der Waals surface area contributed by atoms with Crippen LogP contribution in [0.1, 0.15) is 21.6 Å². The summed E-state index contributed by atoms with van der Waals surface area (Å²) in [5.74, 6) is -0.00746. The van der Waals surface area contributed by atoms with Gasteiger partial charge in [-0.05, 0) is 36.4 Å². The summed E-state index contributed by atoms with van der Waals surface area (Å²) in [5.41, 5.74) is 2.75. The molecule has 0 saturated carbocycles. The molecule has 0 amide bonds. The molecule has 3 rings (SSSR count). The van der Waals surface area contributed by atoms with E-state index in [-0.39, 0.29) is 0 Å². The molecule has 2 heterocycles. The molecule has 24 heavy (non-hydrogen) atoms. The first-order valence-electron chi connectivity index (χ1n) is 7.39. The molecule has 1 aromatic carbocycles. The number of aryl methyl sites for hydroxylation is 1. The number of methoxy groups -OCH3 is 1. The number of hydrogen-bond acceptors (Lipinski definition) is 5. The summed E-state index contributed by atoms with van der Waals surface area (Å²) in [6, 6.07) is 12.9. The van der Waals surface area contributed by atoms with Crippen molar-refractivity contribution in [2.24, 2.45) is 0 Å². The SMILES string of the molecule is COC(=O)c1c(CSc2cccc[n+]2[O-])nc2ccccc2c1C. The van der Waals surface area contributed by atoms with Crippen LogP contribution in [0.4, 0.5) is 0 Å². The van der Waals surface area contributed by atoms with Crippen molar-refractivity contribution in [3.8, 4) is 0 Å². The maximum atomic E-state index is 12.2. The zero-order chi connectivity index (χ0) is 17.1. The first kappa shape index (κ1) is 16.3. The van der Waals surface area contributed by atoms with E-state index >= 15 is 0 Å². The number of carbonyl (C=O) groups excluding carboxylic acids is 1. The van der Waals surface area contributed by atoms with Crippen molar-refractivity contribution in [1.82, 2.24) is 4.98 Å². The smallest absolute Gasteiger partial charge is 0.340 e. The van der Waals surface area contributed by atoms with Gasteiger partial charge in [-0.3, -0.25) is 4.98 Å². The van der Waals surface area contributed by atoms with Crippen LogP contribution >= 0.6 is 11.8 Å². The fourth-order valence-corrected chi connectivity index (χ4v) is 3.44. The molecule has 0 saturated heterocycles. The highest BCUT2D eigenvalue weighted by Crippen LogP contribution is 2.27. The number of pyridine rings is 2. The topological polar surface area (TPSA) is 66.1 Å². The number of rotatable bonds is 4. The van der Waals surface area contributed by atoms with Crippen LogP contribution in [0.5, 0.6) is 0 Å². The fourth-order valence-electron chi connectivity index (χ4n) is 2.58. The molecular formula is C18H16N2O3S. The van der Waals surface area contributed by atoms with Crippen molar-refractivity contribution in [2.45, 2.75) is 17.7 Å². The van der Waals surface area contributed by atoms with Gasteiger partial charge in [-0.15, -0.1) is 0 Å². The molecule has 0 atom stereocenters. The highest BCUT2D eigenvalue weighted by Gasteiger charge is 2.20. The Balaban J connectivity index is 2.05. The van der Waals surface area contributed by atoms with Crippen LogP contribution in [0, 0.1) is 12.1 Å². The van der Waals surface area contributed by atoms with Gasteiger partial charge in [-0.1, -0.05) is 18.2 Å². The number of aromatic nitrogens is 2. The summed E-state index contributed by atoms with van der Waals surface area (Å²) in [7, 11) is 1.36. The lowest BCUT2D eigenvalue weighted by molar-refractivity contribution is -0.645. The second-order valence-electron chi connectivity index (χ2n) is 5.22. The lowest BCUT2D eigenvalue weighted by atomic mass is 10.0. The Morgan fingerprint density at radius 2 is 2.00 bits per heavy atom. The monoisotopic (exact) mass is 340 g/mol. The Labute approximate surface area is 143 Å². The summed E-state index contributed by atoms with van der Waals surface area (Å²) in [6.07, 6.45) is 1.45. The first-order valence-corrected chi connectivity index (χ1v) is 8.38. The van der Waals surface area contributed by atoms with Crippen molar-refractivity contribution in [3.05, 3.63) is 70.7 Å². The van der Waals surface area contributed by atoms with E-state index in [1.54, 1.807) is 18.2 Å². The third kappa shape index (κ3) is 3.05. The number of carbonyl (C=O) groups is 1. The molecule has 3 aromatic rings. The third-order valence-corrected chi connectivity index (χ3v) is 4.79. The minimum absolute atomic E-state index is 0.405. The fraction of sp³-hybridized carbons (Fsp3) is 0.167. The maximum absolute atomic E-state index is 12.2. The summed E-state index contributed by atoms with van der Waals surface area (Å²) >= 11 is 1.34. The molecule has 5 nitrogen and oxygen atoms in total. The normalized spacial score (nSPS) is 10.8. The Morgan fingerprint density at radius 1 is 1.25 bits per heavy atom. The number of nitrogens with zero attached hydrogens (tertiary/aromatic N) is 2. The van der Waals surface area contributed by atoms with Crippen LogP contribution in [0.2, 0.25) is 0 Å². The zero-order valence-electron chi connectivity index (χ0n) is 13.4. The average Bonchev–Trinajstić information content (AvgIpc) is 2.60. The molecule has 0 bridgehead atoms. The van der Waals surface area contributed by atoms with Crippen LogP contribution < -0.4 is 4.73 Å². The number of hydrogen-bond donors (Lipinski definition) is 0. The van der Waals surface area contributed by atoms with E-state index in [0.29, 0.717) is 22.0 Å². The predicted octanol–water partition coefficient (Wildman–Crippen LogP) is 3.26. The Morgan fingerprint density at radius 3 is 2.75 bits per heavy atom. The minimum Gasteiger partial charge on any atom is -0.618 e. The van der Waals surface area contributed by atoms with Crippen molar-refractivity contribution in [1.29, 1.82) is 0 Å². The Bertz CT molecular complexity index is 912. The Kier molecular flexibility index (Phi) is 4.66. The van der Waals surface area contributed by atoms with E-state index in [1.165, 1.54) is 25.1 Å². The van der Waals surface area contributed by atoms with Gasteiger partial charge < -0.3 is 9.94 Å². The van der Waals surface area contributed by atoms with Gasteiger partial charge in [0, 0.05) is 23.3 Å². The van der Waals surface area contributed by atoms with Gasteiger partial charge in [0.15, 0.2) is 6.20 Å². The van der Waals surface area contributed by atoms with E-state index in [0.717, 1.165) is 21.2 Å².